The Morgan fingerprint density at radius 1 is 0.850 bits per heavy atom. The number of carboxylic acid groups (broad SMARTS) is 1. The van der Waals surface area contributed by atoms with Crippen LogP contribution in [0.4, 0.5) is 0 Å². The highest BCUT2D eigenvalue weighted by molar-refractivity contribution is 7.89. The smallest absolute Gasteiger partial charge is 0.330 e. The van der Waals surface area contributed by atoms with Crippen LogP contribution in [0.25, 0.3) is 0 Å². The molecule has 0 atom stereocenters. The zero-order valence-electron chi connectivity index (χ0n) is 15.0. The fourth-order valence-electron chi connectivity index (χ4n) is 4.95. The Labute approximate surface area is 129 Å². The van der Waals surface area contributed by atoms with Crippen LogP contribution in [0.15, 0.2) is 12.2 Å². The van der Waals surface area contributed by atoms with Crippen molar-refractivity contribution in [2.24, 2.45) is 0 Å². The summed E-state index contributed by atoms with van der Waals surface area (Å²) in [5.41, 5.74) is 0.414. The molecule has 20 heavy (non-hydrogen) atoms. The third kappa shape index (κ3) is 3.84. The van der Waals surface area contributed by atoms with Gasteiger partial charge in [-0.05, 0) is 6.42 Å². The van der Waals surface area contributed by atoms with Crippen LogP contribution in [0.1, 0.15) is 6.42 Å². The minimum atomic E-state index is -1.42. The van der Waals surface area contributed by atoms with Crippen LogP contribution in [0.5, 0.6) is 0 Å². The van der Waals surface area contributed by atoms with Crippen molar-refractivity contribution in [3.8, 4) is 0 Å². The largest absolute Gasteiger partial charge is 0.478 e. The summed E-state index contributed by atoms with van der Waals surface area (Å²) in [6.07, 6.45) is 0.709. The highest BCUT2D eigenvalue weighted by atomic mass is 29.9. The Bertz CT molecular complexity index is 347. The molecular formula is C14H34O2Si4. The summed E-state index contributed by atoms with van der Waals surface area (Å²) < 4.78 is 0. The third-order valence-electron chi connectivity index (χ3n) is 4.95. The number of carbonyl (C=O) groups is 1. The van der Waals surface area contributed by atoms with Gasteiger partial charge in [-0.2, -0.15) is 0 Å². The van der Waals surface area contributed by atoms with E-state index in [0.717, 1.165) is 0 Å². The van der Waals surface area contributed by atoms with Gasteiger partial charge in [0.2, 0.25) is 0 Å². The van der Waals surface area contributed by atoms with E-state index in [4.69, 9.17) is 5.11 Å². The number of aliphatic carboxylic acids is 1. The molecule has 0 heterocycles. The lowest BCUT2D eigenvalue weighted by molar-refractivity contribution is -0.132. The fraction of sp³-hybridized carbons (Fsp3) is 0.786. The number of rotatable bonds is 7. The minimum Gasteiger partial charge on any atom is -0.478 e. The van der Waals surface area contributed by atoms with Crippen molar-refractivity contribution in [3.63, 3.8) is 0 Å². The van der Waals surface area contributed by atoms with Crippen molar-refractivity contribution in [3.05, 3.63) is 12.2 Å². The maximum atomic E-state index is 11.1. The first kappa shape index (κ1) is 20.1. The van der Waals surface area contributed by atoms with E-state index < -0.39 is 35.4 Å². The van der Waals surface area contributed by atoms with Crippen molar-refractivity contribution in [1.29, 1.82) is 0 Å². The fourth-order valence-corrected chi connectivity index (χ4v) is 103. The van der Waals surface area contributed by atoms with Gasteiger partial charge in [0, 0.05) is 35.0 Å². The van der Waals surface area contributed by atoms with Gasteiger partial charge in [0.25, 0.3) is 0 Å². The van der Waals surface area contributed by atoms with E-state index >= 15 is 0 Å². The lowest BCUT2D eigenvalue weighted by atomic mass is 10.2. The summed E-state index contributed by atoms with van der Waals surface area (Å²) in [5, 5.41) is 9.14. The molecule has 118 valence electrons. The van der Waals surface area contributed by atoms with Gasteiger partial charge in [-0.3, -0.25) is 0 Å². The summed E-state index contributed by atoms with van der Waals surface area (Å²) in [6.45, 7) is 25.2. The summed E-state index contributed by atoms with van der Waals surface area (Å²) in [4.78, 5) is 11.1. The molecule has 1 N–H and O–H groups in total. The number of hydrogen-bond acceptors (Lipinski definition) is 1. The lowest BCUT2D eigenvalue weighted by Gasteiger charge is -2.58. The van der Waals surface area contributed by atoms with Crippen LogP contribution < -0.4 is 0 Å². The Balaban J connectivity index is 5.81. The van der Waals surface area contributed by atoms with Gasteiger partial charge >= 0.3 is 5.97 Å². The van der Waals surface area contributed by atoms with E-state index in [0.29, 0.717) is 12.0 Å². The van der Waals surface area contributed by atoms with E-state index in [1.54, 1.807) is 0 Å². The monoisotopic (exact) mass is 346 g/mol. The molecule has 0 spiro atoms. The quantitative estimate of drug-likeness (QED) is 0.535. The maximum absolute atomic E-state index is 11.1. The van der Waals surface area contributed by atoms with Crippen molar-refractivity contribution >= 4 is 35.4 Å². The van der Waals surface area contributed by atoms with Gasteiger partial charge in [-0.1, -0.05) is 71.5 Å². The van der Waals surface area contributed by atoms with E-state index in [1.807, 2.05) is 0 Å². The predicted octanol–water partition coefficient (Wildman–Crippen LogP) is 4.72. The van der Waals surface area contributed by atoms with Gasteiger partial charge in [0.1, 0.15) is 0 Å². The number of carboxylic acids is 1. The van der Waals surface area contributed by atoms with E-state index in [-0.39, 0.29) is 0 Å². The SMILES string of the molecule is C=C(CC[Si]([Si](C)(C)C)([Si](C)(C)C)[Si](C)(C)C)C(=O)O. The van der Waals surface area contributed by atoms with Crippen molar-refractivity contribution in [2.45, 2.75) is 71.4 Å². The molecule has 0 amide bonds. The van der Waals surface area contributed by atoms with Crippen LogP contribution in [0, 0.1) is 0 Å². The topological polar surface area (TPSA) is 37.3 Å². The standard InChI is InChI=1S/C14H34O2Si4/c1-13(14(15)16)11-12-20(17(2,3)4,18(5,6)7)19(8,9)10/h1,11-12H2,2-10H3,(H,15,16). The van der Waals surface area contributed by atoms with Gasteiger partial charge in [0.05, 0.1) is 0 Å². The zero-order valence-corrected chi connectivity index (χ0v) is 19.0. The van der Waals surface area contributed by atoms with E-state index in [2.05, 4.69) is 65.5 Å². The van der Waals surface area contributed by atoms with Crippen LogP contribution in [-0.4, -0.2) is 40.5 Å². The summed E-state index contributed by atoms with van der Waals surface area (Å²) in [6, 6.07) is 1.17. The first-order valence-corrected chi connectivity index (χ1v) is 23.2. The molecule has 0 aromatic rings. The molecule has 0 rings (SSSR count). The summed E-state index contributed by atoms with van der Waals surface area (Å²) in [7, 11) is -3.84. The van der Waals surface area contributed by atoms with Gasteiger partial charge < -0.3 is 5.11 Å². The molecule has 6 heteroatoms. The Morgan fingerprint density at radius 2 is 1.15 bits per heavy atom. The zero-order chi connectivity index (χ0) is 16.6. The van der Waals surface area contributed by atoms with Crippen molar-refractivity contribution < 1.29 is 9.90 Å². The maximum Gasteiger partial charge on any atom is 0.330 e. The molecule has 0 fully saturated rings. The molecule has 0 aromatic heterocycles. The normalized spacial score (nSPS) is 14.2. The summed E-state index contributed by atoms with van der Waals surface area (Å²) >= 11 is 0. The van der Waals surface area contributed by atoms with E-state index in [9.17, 15) is 4.79 Å². The predicted molar refractivity (Wildman–Crippen MR) is 102 cm³/mol. The Kier molecular flexibility index (Phi) is 6.08. The second kappa shape index (κ2) is 6.06. The first-order chi connectivity index (χ1) is 8.58. The molecule has 0 saturated carbocycles. The molecule has 0 aliphatic heterocycles. The first-order valence-electron chi connectivity index (χ1n) is 7.49. The van der Waals surface area contributed by atoms with E-state index in [1.165, 1.54) is 6.04 Å². The van der Waals surface area contributed by atoms with Crippen LogP contribution in [0.3, 0.4) is 0 Å². The Hall–Kier alpha value is 0.0775. The third-order valence-corrected chi connectivity index (χ3v) is 79.4. The lowest BCUT2D eigenvalue weighted by Crippen LogP contribution is -2.82. The molecule has 2 nitrogen and oxygen atoms in total. The van der Waals surface area contributed by atoms with Gasteiger partial charge in [-0.15, -0.1) is 0 Å². The molecule has 0 aromatic carbocycles. The van der Waals surface area contributed by atoms with Gasteiger partial charge in [-0.25, -0.2) is 4.79 Å². The van der Waals surface area contributed by atoms with Crippen LogP contribution >= 0.6 is 0 Å². The minimum absolute atomic E-state index is 0.414. The van der Waals surface area contributed by atoms with Crippen LogP contribution in [0.2, 0.25) is 65.0 Å². The average Bonchev–Trinajstić information content (AvgIpc) is 2.10. The highest BCUT2D eigenvalue weighted by Crippen LogP contribution is 2.41. The molecule has 0 unspecified atom stereocenters. The van der Waals surface area contributed by atoms with Crippen molar-refractivity contribution in [1.82, 2.24) is 0 Å². The van der Waals surface area contributed by atoms with Crippen LogP contribution in [-0.2, 0) is 4.79 Å². The molecule has 0 aliphatic carbocycles. The second-order valence-electron chi connectivity index (χ2n) is 9.06. The molecule has 0 saturated heterocycles. The number of hydrogen-bond donors (Lipinski definition) is 1. The molecule has 0 bridgehead atoms. The van der Waals surface area contributed by atoms with Gasteiger partial charge in [0.15, 0.2) is 0 Å². The molecule has 0 aliphatic rings. The summed E-state index contributed by atoms with van der Waals surface area (Å²) in [5.74, 6) is -0.811. The molecular weight excluding hydrogens is 312 g/mol. The Morgan fingerprint density at radius 3 is 1.35 bits per heavy atom. The highest BCUT2D eigenvalue weighted by Gasteiger charge is 2.60. The second-order valence-corrected chi connectivity index (χ2v) is 50.6. The molecule has 0 radical (unpaired) electrons. The average molecular weight is 347 g/mol. The van der Waals surface area contributed by atoms with Crippen molar-refractivity contribution in [2.75, 3.05) is 0 Å².